The highest BCUT2D eigenvalue weighted by Gasteiger charge is 2.00. The molecular weight excluding hydrogens is 174 g/mol. The van der Waals surface area contributed by atoms with E-state index in [9.17, 15) is 0 Å². The SMILES string of the molecule is C=C.C=C(NC)N(C)c1cccnc1. The Morgan fingerprint density at radius 1 is 1.50 bits per heavy atom. The molecule has 0 saturated heterocycles. The van der Waals surface area contributed by atoms with Crippen LogP contribution in [0.2, 0.25) is 0 Å². The molecule has 1 aromatic heterocycles. The van der Waals surface area contributed by atoms with Crippen molar-refractivity contribution in [2.45, 2.75) is 0 Å². The molecule has 1 aromatic rings. The number of rotatable bonds is 3. The van der Waals surface area contributed by atoms with Crippen molar-refractivity contribution in [2.75, 3.05) is 19.0 Å². The lowest BCUT2D eigenvalue weighted by molar-refractivity contribution is 0.906. The lowest BCUT2D eigenvalue weighted by Crippen LogP contribution is -2.24. The summed E-state index contributed by atoms with van der Waals surface area (Å²) in [6, 6.07) is 3.88. The van der Waals surface area contributed by atoms with Gasteiger partial charge in [-0.1, -0.05) is 6.58 Å². The van der Waals surface area contributed by atoms with Crippen molar-refractivity contribution >= 4 is 5.69 Å². The van der Waals surface area contributed by atoms with E-state index in [1.54, 1.807) is 12.4 Å². The third kappa shape index (κ3) is 3.31. The normalized spacial score (nSPS) is 8.14. The Morgan fingerprint density at radius 3 is 2.57 bits per heavy atom. The third-order valence-corrected chi connectivity index (χ3v) is 1.73. The summed E-state index contributed by atoms with van der Waals surface area (Å²) in [6.07, 6.45) is 3.54. The van der Waals surface area contributed by atoms with Crippen molar-refractivity contribution in [3.05, 3.63) is 50.1 Å². The van der Waals surface area contributed by atoms with Crippen LogP contribution in [0.5, 0.6) is 0 Å². The molecule has 0 aliphatic heterocycles. The number of hydrogen-bond acceptors (Lipinski definition) is 3. The first-order chi connectivity index (χ1) is 6.75. The molecule has 1 heterocycles. The largest absolute Gasteiger partial charge is 0.375 e. The average Bonchev–Trinajstić information content (AvgIpc) is 2.31. The molecular formula is C11H17N3. The van der Waals surface area contributed by atoms with Crippen molar-refractivity contribution in [3.8, 4) is 0 Å². The van der Waals surface area contributed by atoms with Gasteiger partial charge in [0.1, 0.15) is 0 Å². The highest BCUT2D eigenvalue weighted by atomic mass is 15.2. The molecule has 14 heavy (non-hydrogen) atoms. The summed E-state index contributed by atoms with van der Waals surface area (Å²) in [4.78, 5) is 5.95. The summed E-state index contributed by atoms with van der Waals surface area (Å²) in [7, 11) is 3.78. The average molecular weight is 191 g/mol. The van der Waals surface area contributed by atoms with Crippen LogP contribution in [0, 0.1) is 0 Å². The van der Waals surface area contributed by atoms with Gasteiger partial charge in [0.25, 0.3) is 0 Å². The van der Waals surface area contributed by atoms with Crippen molar-refractivity contribution in [1.29, 1.82) is 0 Å². The van der Waals surface area contributed by atoms with Gasteiger partial charge in [-0.25, -0.2) is 0 Å². The van der Waals surface area contributed by atoms with E-state index in [0.717, 1.165) is 11.5 Å². The summed E-state index contributed by atoms with van der Waals surface area (Å²) in [5, 5.41) is 2.97. The van der Waals surface area contributed by atoms with Gasteiger partial charge in [-0.2, -0.15) is 0 Å². The molecule has 1 rings (SSSR count). The minimum absolute atomic E-state index is 0.850. The molecule has 0 aliphatic rings. The molecule has 0 bridgehead atoms. The topological polar surface area (TPSA) is 28.2 Å². The Bertz CT molecular complexity index is 269. The first-order valence-corrected chi connectivity index (χ1v) is 4.26. The maximum absolute atomic E-state index is 4.01. The van der Waals surface area contributed by atoms with Gasteiger partial charge < -0.3 is 10.2 Å². The molecule has 0 aliphatic carbocycles. The van der Waals surface area contributed by atoms with Crippen molar-refractivity contribution in [3.63, 3.8) is 0 Å². The van der Waals surface area contributed by atoms with E-state index >= 15 is 0 Å². The summed E-state index contributed by atoms with van der Waals surface area (Å²) in [6.45, 7) is 9.84. The number of pyridine rings is 1. The van der Waals surface area contributed by atoms with Gasteiger partial charge in [-0.15, -0.1) is 13.2 Å². The quantitative estimate of drug-likeness (QED) is 0.741. The molecule has 0 radical (unpaired) electrons. The number of nitrogens with one attached hydrogen (secondary N) is 1. The van der Waals surface area contributed by atoms with Crippen LogP contribution in [0.4, 0.5) is 5.69 Å². The Hall–Kier alpha value is -1.77. The van der Waals surface area contributed by atoms with Crippen molar-refractivity contribution in [2.24, 2.45) is 0 Å². The van der Waals surface area contributed by atoms with Crippen LogP contribution in [0.25, 0.3) is 0 Å². The minimum Gasteiger partial charge on any atom is -0.375 e. The van der Waals surface area contributed by atoms with E-state index in [-0.39, 0.29) is 0 Å². The molecule has 0 fully saturated rings. The molecule has 1 N–H and O–H groups in total. The van der Waals surface area contributed by atoms with E-state index in [0.29, 0.717) is 0 Å². The molecule has 0 aromatic carbocycles. The summed E-state index contributed by atoms with van der Waals surface area (Å²) in [5.41, 5.74) is 1.02. The second kappa shape index (κ2) is 6.71. The molecule has 3 heteroatoms. The molecule has 3 nitrogen and oxygen atoms in total. The van der Waals surface area contributed by atoms with E-state index in [4.69, 9.17) is 0 Å². The van der Waals surface area contributed by atoms with E-state index in [2.05, 4.69) is 30.0 Å². The Balaban J connectivity index is 0.000000791. The highest BCUT2D eigenvalue weighted by Crippen LogP contribution is 2.11. The predicted octanol–water partition coefficient (Wildman–Crippen LogP) is 2.01. The van der Waals surface area contributed by atoms with Gasteiger partial charge in [0.15, 0.2) is 0 Å². The minimum atomic E-state index is 0.850. The molecule has 0 spiro atoms. The molecule has 0 unspecified atom stereocenters. The fourth-order valence-electron chi connectivity index (χ4n) is 0.876. The van der Waals surface area contributed by atoms with Gasteiger partial charge >= 0.3 is 0 Å². The molecule has 0 saturated carbocycles. The van der Waals surface area contributed by atoms with Crippen LogP contribution in [0.1, 0.15) is 0 Å². The Morgan fingerprint density at radius 2 is 2.14 bits per heavy atom. The van der Waals surface area contributed by atoms with E-state index < -0.39 is 0 Å². The molecule has 0 atom stereocenters. The Labute approximate surface area is 85.8 Å². The van der Waals surface area contributed by atoms with Crippen LogP contribution in [0.15, 0.2) is 50.1 Å². The fraction of sp³-hybridized carbons (Fsp3) is 0.182. The van der Waals surface area contributed by atoms with Crippen LogP contribution < -0.4 is 10.2 Å². The number of aromatic nitrogens is 1. The van der Waals surface area contributed by atoms with Crippen LogP contribution in [0.3, 0.4) is 0 Å². The van der Waals surface area contributed by atoms with E-state index in [1.165, 1.54) is 0 Å². The van der Waals surface area contributed by atoms with Crippen LogP contribution in [-0.4, -0.2) is 19.1 Å². The molecule has 76 valence electrons. The fourth-order valence-corrected chi connectivity index (χ4v) is 0.876. The van der Waals surface area contributed by atoms with Crippen LogP contribution in [-0.2, 0) is 0 Å². The monoisotopic (exact) mass is 191 g/mol. The molecule has 0 amide bonds. The first kappa shape index (κ1) is 12.2. The zero-order chi connectivity index (χ0) is 11.0. The predicted molar refractivity (Wildman–Crippen MR) is 62.1 cm³/mol. The second-order valence-corrected chi connectivity index (χ2v) is 2.47. The lowest BCUT2D eigenvalue weighted by atomic mass is 10.4. The Kier molecular flexibility index (Phi) is 5.87. The third-order valence-electron chi connectivity index (χ3n) is 1.73. The number of hydrogen-bond donors (Lipinski definition) is 1. The smallest absolute Gasteiger partial charge is 0.0979 e. The maximum atomic E-state index is 4.01. The summed E-state index contributed by atoms with van der Waals surface area (Å²) >= 11 is 0. The standard InChI is InChI=1S/C9H13N3.C2H4/c1-8(10-2)12(3)9-5-4-6-11-7-9;1-2/h4-7,10H,1H2,2-3H3;1-2H2. The second-order valence-electron chi connectivity index (χ2n) is 2.47. The van der Waals surface area contributed by atoms with Crippen LogP contribution >= 0.6 is 0 Å². The lowest BCUT2D eigenvalue weighted by Gasteiger charge is -2.20. The first-order valence-electron chi connectivity index (χ1n) is 4.26. The van der Waals surface area contributed by atoms with Gasteiger partial charge in [-0.3, -0.25) is 4.98 Å². The van der Waals surface area contributed by atoms with Gasteiger partial charge in [0.05, 0.1) is 17.7 Å². The van der Waals surface area contributed by atoms with Gasteiger partial charge in [-0.05, 0) is 12.1 Å². The summed E-state index contributed by atoms with van der Waals surface area (Å²) < 4.78 is 0. The summed E-state index contributed by atoms with van der Waals surface area (Å²) in [5.74, 6) is 0.850. The van der Waals surface area contributed by atoms with Crippen molar-refractivity contribution < 1.29 is 0 Å². The maximum Gasteiger partial charge on any atom is 0.0979 e. The number of nitrogens with zero attached hydrogens (tertiary/aromatic N) is 2. The number of anilines is 1. The van der Waals surface area contributed by atoms with E-state index in [1.807, 2.05) is 31.1 Å². The highest BCUT2D eigenvalue weighted by molar-refractivity contribution is 5.47. The zero-order valence-corrected chi connectivity index (χ0v) is 8.83. The zero-order valence-electron chi connectivity index (χ0n) is 8.83. The van der Waals surface area contributed by atoms with Crippen molar-refractivity contribution in [1.82, 2.24) is 10.3 Å². The van der Waals surface area contributed by atoms with Gasteiger partial charge in [0.2, 0.25) is 0 Å². The van der Waals surface area contributed by atoms with Gasteiger partial charge in [0, 0.05) is 20.3 Å².